The van der Waals surface area contributed by atoms with Crippen LogP contribution in [0.15, 0.2) is 41.2 Å². The number of rotatable bonds is 4. The average molecular weight is 283 g/mol. The lowest BCUT2D eigenvalue weighted by Crippen LogP contribution is -2.26. The Morgan fingerprint density at radius 2 is 1.57 bits per heavy atom. The highest BCUT2D eigenvalue weighted by atomic mass is 16.1. The lowest BCUT2D eigenvalue weighted by molar-refractivity contribution is 0.112. The first kappa shape index (κ1) is 15.2. The number of carbonyl (C=O) groups is 1. The average Bonchev–Trinajstić information content (AvgIpc) is 2.46. The highest BCUT2D eigenvalue weighted by molar-refractivity contribution is 5.75. The van der Waals surface area contributed by atoms with E-state index in [2.05, 4.69) is 26.0 Å². The van der Waals surface area contributed by atoms with Crippen LogP contribution in [0, 0.1) is 0 Å². The molecule has 0 N–H and O–H groups in total. The Hall–Kier alpha value is -2.16. The Balaban J connectivity index is 2.60. The van der Waals surface area contributed by atoms with E-state index >= 15 is 0 Å². The highest BCUT2D eigenvalue weighted by Gasteiger charge is 2.12. The van der Waals surface area contributed by atoms with Crippen LogP contribution in [0.5, 0.6) is 0 Å². The molecule has 21 heavy (non-hydrogen) atoms. The van der Waals surface area contributed by atoms with Gasteiger partial charge in [0.05, 0.1) is 11.3 Å². The van der Waals surface area contributed by atoms with Gasteiger partial charge in [0.1, 0.15) is 0 Å². The van der Waals surface area contributed by atoms with E-state index in [0.29, 0.717) is 12.2 Å². The van der Waals surface area contributed by atoms with Crippen molar-refractivity contribution in [3.63, 3.8) is 0 Å². The lowest BCUT2D eigenvalue weighted by Gasteiger charge is -2.17. The fraction of sp³-hybridized carbons (Fsp3) is 0.333. The summed E-state index contributed by atoms with van der Waals surface area (Å²) in [7, 11) is 0. The van der Waals surface area contributed by atoms with Crippen molar-refractivity contribution in [1.82, 2.24) is 4.57 Å². The fourth-order valence-electron chi connectivity index (χ4n) is 2.45. The van der Waals surface area contributed by atoms with Gasteiger partial charge >= 0.3 is 0 Å². The first-order valence-corrected chi connectivity index (χ1v) is 7.26. The molecule has 0 spiro atoms. The zero-order valence-corrected chi connectivity index (χ0v) is 13.0. The van der Waals surface area contributed by atoms with Gasteiger partial charge in [-0.05, 0) is 43.0 Å². The van der Waals surface area contributed by atoms with E-state index in [9.17, 15) is 9.59 Å². The van der Waals surface area contributed by atoms with Gasteiger partial charge in [-0.3, -0.25) is 9.59 Å². The number of benzene rings is 1. The Labute approximate surface area is 125 Å². The van der Waals surface area contributed by atoms with Crippen LogP contribution in [0.4, 0.5) is 0 Å². The summed E-state index contributed by atoms with van der Waals surface area (Å²) >= 11 is 0. The maximum absolute atomic E-state index is 12.3. The summed E-state index contributed by atoms with van der Waals surface area (Å²) in [6.45, 7) is 8.19. The summed E-state index contributed by atoms with van der Waals surface area (Å²) in [5.41, 5.74) is 3.07. The molecule has 0 fully saturated rings. The van der Waals surface area contributed by atoms with Gasteiger partial charge in [0.25, 0.3) is 5.56 Å². The van der Waals surface area contributed by atoms with E-state index < -0.39 is 0 Å². The normalized spacial score (nSPS) is 11.1. The molecule has 1 aromatic carbocycles. The molecule has 0 amide bonds. The maximum atomic E-state index is 12.3. The Bertz CT molecular complexity index is 694. The van der Waals surface area contributed by atoms with Crippen molar-refractivity contribution in [2.75, 3.05) is 0 Å². The lowest BCUT2D eigenvalue weighted by atomic mass is 10.00. The van der Waals surface area contributed by atoms with Crippen molar-refractivity contribution < 1.29 is 4.79 Å². The van der Waals surface area contributed by atoms with Gasteiger partial charge in [-0.1, -0.05) is 38.1 Å². The maximum Gasteiger partial charge on any atom is 0.261 e. The number of nitrogens with zero attached hydrogens (tertiary/aromatic N) is 1. The molecule has 1 heterocycles. The topological polar surface area (TPSA) is 39.1 Å². The molecule has 0 radical (unpaired) electrons. The molecule has 2 rings (SSSR count). The van der Waals surface area contributed by atoms with E-state index in [1.54, 1.807) is 10.6 Å². The molecule has 0 bridgehead atoms. The third kappa shape index (κ3) is 2.97. The molecule has 0 unspecified atom stereocenters. The summed E-state index contributed by atoms with van der Waals surface area (Å²) in [4.78, 5) is 23.3. The second-order valence-electron chi connectivity index (χ2n) is 5.84. The number of aldehydes is 1. The minimum absolute atomic E-state index is 0.00262. The molecule has 1 aromatic heterocycles. The Kier molecular flexibility index (Phi) is 4.41. The van der Waals surface area contributed by atoms with Crippen molar-refractivity contribution in [2.45, 2.75) is 39.7 Å². The van der Waals surface area contributed by atoms with Gasteiger partial charge in [-0.25, -0.2) is 0 Å². The van der Waals surface area contributed by atoms with Crippen LogP contribution in [0.25, 0.3) is 11.3 Å². The second kappa shape index (κ2) is 6.08. The standard InChI is InChI=1S/C18H21NO2/c1-12(2)14-5-7-15(8-6-14)17-10-9-16(11-20)18(21)19(17)13(3)4/h5-13H,1-4H3. The molecule has 0 saturated heterocycles. The molecule has 3 heteroatoms. The molecule has 3 nitrogen and oxygen atoms in total. The molecular formula is C18H21NO2. The van der Waals surface area contributed by atoms with E-state index in [4.69, 9.17) is 0 Å². The number of carbonyl (C=O) groups excluding carboxylic acids is 1. The third-order valence-corrected chi connectivity index (χ3v) is 3.66. The zero-order chi connectivity index (χ0) is 15.6. The predicted octanol–water partition coefficient (Wildman–Crippen LogP) is 4.03. The van der Waals surface area contributed by atoms with Crippen molar-refractivity contribution in [2.24, 2.45) is 0 Å². The smallest absolute Gasteiger partial charge is 0.261 e. The first-order chi connectivity index (χ1) is 9.95. The van der Waals surface area contributed by atoms with Crippen LogP contribution in [-0.4, -0.2) is 10.9 Å². The number of pyridine rings is 1. The first-order valence-electron chi connectivity index (χ1n) is 7.26. The largest absolute Gasteiger partial charge is 0.305 e. The van der Waals surface area contributed by atoms with Crippen molar-refractivity contribution in [1.29, 1.82) is 0 Å². The molecule has 0 aliphatic carbocycles. The molecule has 0 aliphatic heterocycles. The fourth-order valence-corrected chi connectivity index (χ4v) is 2.45. The summed E-state index contributed by atoms with van der Waals surface area (Å²) in [6, 6.07) is 11.7. The Morgan fingerprint density at radius 1 is 0.952 bits per heavy atom. The van der Waals surface area contributed by atoms with Crippen LogP contribution < -0.4 is 5.56 Å². The second-order valence-corrected chi connectivity index (χ2v) is 5.84. The van der Waals surface area contributed by atoms with Crippen molar-refractivity contribution in [3.05, 3.63) is 57.9 Å². The number of hydrogen-bond acceptors (Lipinski definition) is 2. The number of aromatic nitrogens is 1. The monoisotopic (exact) mass is 283 g/mol. The Morgan fingerprint density at radius 3 is 2.05 bits per heavy atom. The van der Waals surface area contributed by atoms with Crippen molar-refractivity contribution in [3.8, 4) is 11.3 Å². The van der Waals surface area contributed by atoms with E-state index in [-0.39, 0.29) is 17.2 Å². The minimum Gasteiger partial charge on any atom is -0.305 e. The van der Waals surface area contributed by atoms with Crippen LogP contribution in [0.2, 0.25) is 0 Å². The summed E-state index contributed by atoms with van der Waals surface area (Å²) in [5, 5.41) is 0. The molecule has 110 valence electrons. The van der Waals surface area contributed by atoms with E-state index in [1.165, 1.54) is 5.56 Å². The van der Waals surface area contributed by atoms with Gasteiger partial charge in [-0.15, -0.1) is 0 Å². The van der Waals surface area contributed by atoms with Gasteiger partial charge in [0, 0.05) is 6.04 Å². The van der Waals surface area contributed by atoms with Gasteiger partial charge in [0.2, 0.25) is 0 Å². The third-order valence-electron chi connectivity index (χ3n) is 3.66. The predicted molar refractivity (Wildman–Crippen MR) is 86.0 cm³/mol. The van der Waals surface area contributed by atoms with E-state index in [1.807, 2.05) is 32.0 Å². The van der Waals surface area contributed by atoms with Gasteiger partial charge in [0.15, 0.2) is 6.29 Å². The number of hydrogen-bond donors (Lipinski definition) is 0. The quantitative estimate of drug-likeness (QED) is 0.795. The molecule has 0 atom stereocenters. The van der Waals surface area contributed by atoms with Gasteiger partial charge in [-0.2, -0.15) is 0 Å². The van der Waals surface area contributed by atoms with Crippen molar-refractivity contribution >= 4 is 6.29 Å². The molecule has 0 aliphatic rings. The summed E-state index contributed by atoms with van der Waals surface area (Å²) in [6.07, 6.45) is 0.618. The van der Waals surface area contributed by atoms with Crippen LogP contribution in [0.3, 0.4) is 0 Å². The molecule has 0 saturated carbocycles. The minimum atomic E-state index is -0.231. The summed E-state index contributed by atoms with van der Waals surface area (Å²) < 4.78 is 1.67. The van der Waals surface area contributed by atoms with Crippen LogP contribution in [-0.2, 0) is 0 Å². The van der Waals surface area contributed by atoms with Gasteiger partial charge < -0.3 is 4.57 Å². The zero-order valence-electron chi connectivity index (χ0n) is 13.0. The molecular weight excluding hydrogens is 262 g/mol. The summed E-state index contributed by atoms with van der Waals surface area (Å²) in [5.74, 6) is 0.476. The van der Waals surface area contributed by atoms with Crippen LogP contribution >= 0.6 is 0 Å². The highest BCUT2D eigenvalue weighted by Crippen LogP contribution is 2.24. The van der Waals surface area contributed by atoms with Crippen LogP contribution in [0.1, 0.15) is 55.6 Å². The SMILES string of the molecule is CC(C)c1ccc(-c2ccc(C=O)c(=O)n2C(C)C)cc1. The molecule has 2 aromatic rings. The van der Waals surface area contributed by atoms with E-state index in [0.717, 1.165) is 11.3 Å².